The van der Waals surface area contributed by atoms with Crippen molar-refractivity contribution < 1.29 is 0 Å². The lowest BCUT2D eigenvalue weighted by atomic mass is 10.0. The van der Waals surface area contributed by atoms with Gasteiger partial charge in [-0.05, 0) is 50.0 Å². The van der Waals surface area contributed by atoms with Crippen LogP contribution in [-0.2, 0) is 0 Å². The van der Waals surface area contributed by atoms with Gasteiger partial charge in [-0.1, -0.05) is 139 Å². The fraction of sp³-hybridized carbons (Fsp3) is 0.312. The minimum absolute atomic E-state index is 0.393. The molecule has 33 heavy (non-hydrogen) atoms. The molecule has 0 unspecified atom stereocenters. The smallest absolute Gasteiger partial charge is 0.0793 e. The van der Waals surface area contributed by atoms with Crippen molar-refractivity contribution in [2.75, 3.05) is 0 Å². The van der Waals surface area contributed by atoms with E-state index >= 15 is 0 Å². The summed E-state index contributed by atoms with van der Waals surface area (Å²) >= 11 is 0. The molecule has 3 aromatic carbocycles. The molecule has 1 aliphatic rings. The van der Waals surface area contributed by atoms with E-state index in [1.807, 2.05) is 0 Å². The third kappa shape index (κ3) is 4.44. The Bertz CT molecular complexity index is 1030. The van der Waals surface area contributed by atoms with Crippen LogP contribution in [0.25, 0.3) is 0 Å². The zero-order valence-electron chi connectivity index (χ0n) is 21.0. The second-order valence-corrected chi connectivity index (χ2v) is 14.5. The molecule has 0 fully saturated rings. The Morgan fingerprint density at radius 2 is 0.848 bits per heavy atom. The summed E-state index contributed by atoms with van der Waals surface area (Å²) in [6.45, 7) is 13.8. The molecule has 0 saturated heterocycles. The Morgan fingerprint density at radius 3 is 1.15 bits per heavy atom. The van der Waals surface area contributed by atoms with Crippen LogP contribution >= 0.6 is 0 Å². The lowest BCUT2D eigenvalue weighted by molar-refractivity contribution is 0.867. The van der Waals surface area contributed by atoms with Crippen molar-refractivity contribution in [1.29, 1.82) is 0 Å². The average Bonchev–Trinajstić information content (AvgIpc) is 3.35. The fourth-order valence-electron chi connectivity index (χ4n) is 5.23. The van der Waals surface area contributed by atoms with Crippen LogP contribution in [0.2, 0.25) is 5.54 Å². The maximum Gasteiger partial charge on any atom is 0.158 e. The van der Waals surface area contributed by atoms with Gasteiger partial charge in [0, 0.05) is 5.54 Å². The van der Waals surface area contributed by atoms with E-state index in [1.54, 1.807) is 0 Å². The summed E-state index contributed by atoms with van der Waals surface area (Å²) in [6.07, 6.45) is 9.38. The van der Waals surface area contributed by atoms with E-state index in [9.17, 15) is 0 Å². The van der Waals surface area contributed by atoms with Gasteiger partial charge in [-0.3, -0.25) is 0 Å². The SMILES string of the molecule is CC(C)c1cccc([Si](c2cccc(C(C)C)c2)(c2cccc(C(C)C)c2)C2C=CC=C2)c1. The molecular formula is C32H38Si. The van der Waals surface area contributed by atoms with Crippen molar-refractivity contribution in [2.45, 2.75) is 64.8 Å². The van der Waals surface area contributed by atoms with E-state index in [4.69, 9.17) is 0 Å². The van der Waals surface area contributed by atoms with Crippen molar-refractivity contribution in [3.05, 3.63) is 114 Å². The Hall–Kier alpha value is -2.64. The molecule has 0 atom stereocenters. The maximum absolute atomic E-state index is 2.51. The Morgan fingerprint density at radius 1 is 0.515 bits per heavy atom. The minimum Gasteiger partial charge on any atom is -0.0793 e. The summed E-state index contributed by atoms with van der Waals surface area (Å²) < 4.78 is 0. The average molecular weight is 451 g/mol. The quantitative estimate of drug-likeness (QED) is 0.268. The summed E-state index contributed by atoms with van der Waals surface area (Å²) in [5.41, 5.74) is 4.67. The van der Waals surface area contributed by atoms with E-state index in [1.165, 1.54) is 32.3 Å². The number of allylic oxidation sites excluding steroid dienone is 4. The van der Waals surface area contributed by atoms with Crippen LogP contribution in [0.5, 0.6) is 0 Å². The van der Waals surface area contributed by atoms with Crippen molar-refractivity contribution in [3.8, 4) is 0 Å². The first kappa shape index (κ1) is 23.5. The Labute approximate surface area is 202 Å². The maximum atomic E-state index is 2.51. The van der Waals surface area contributed by atoms with Crippen LogP contribution < -0.4 is 15.6 Å². The predicted octanol–water partition coefficient (Wildman–Crippen LogP) is 7.02. The van der Waals surface area contributed by atoms with E-state index in [-0.39, 0.29) is 0 Å². The van der Waals surface area contributed by atoms with Crippen LogP contribution in [0.1, 0.15) is 76.0 Å². The minimum atomic E-state index is -2.40. The molecular weight excluding hydrogens is 412 g/mol. The van der Waals surface area contributed by atoms with Crippen LogP contribution in [0.3, 0.4) is 0 Å². The predicted molar refractivity (Wildman–Crippen MR) is 148 cm³/mol. The number of hydrogen-bond acceptors (Lipinski definition) is 0. The van der Waals surface area contributed by atoms with Gasteiger partial charge < -0.3 is 0 Å². The van der Waals surface area contributed by atoms with Crippen molar-refractivity contribution >= 4 is 23.6 Å². The zero-order chi connectivity index (χ0) is 23.6. The molecule has 0 bridgehead atoms. The monoisotopic (exact) mass is 450 g/mol. The number of rotatable bonds is 7. The van der Waals surface area contributed by atoms with Crippen molar-refractivity contribution in [3.63, 3.8) is 0 Å². The number of benzene rings is 3. The third-order valence-corrected chi connectivity index (χ3v) is 12.3. The highest BCUT2D eigenvalue weighted by Gasteiger charge is 2.45. The van der Waals surface area contributed by atoms with Crippen molar-refractivity contribution in [2.24, 2.45) is 0 Å². The molecule has 1 heteroatoms. The van der Waals surface area contributed by atoms with Crippen LogP contribution in [0.4, 0.5) is 0 Å². The third-order valence-electron chi connectivity index (χ3n) is 7.27. The van der Waals surface area contributed by atoms with Gasteiger partial charge in [-0.2, -0.15) is 0 Å². The molecule has 0 heterocycles. The highest BCUT2D eigenvalue weighted by atomic mass is 28.3. The van der Waals surface area contributed by atoms with Gasteiger partial charge in [0.15, 0.2) is 8.07 Å². The molecule has 0 radical (unpaired) electrons. The van der Waals surface area contributed by atoms with Crippen molar-refractivity contribution in [1.82, 2.24) is 0 Å². The highest BCUT2D eigenvalue weighted by molar-refractivity contribution is 7.13. The molecule has 0 aliphatic heterocycles. The molecule has 1 aliphatic carbocycles. The second kappa shape index (κ2) is 9.69. The van der Waals surface area contributed by atoms with E-state index in [2.05, 4.69) is 139 Å². The molecule has 0 nitrogen and oxygen atoms in total. The van der Waals surface area contributed by atoms with E-state index in [0.717, 1.165) is 0 Å². The summed E-state index contributed by atoms with van der Waals surface area (Å²) in [5.74, 6) is 1.53. The standard InChI is InChI=1S/C32H38Si/c1-23(2)26-12-9-17-30(20-26)33(29-15-7-8-16-29,31-18-10-13-27(21-31)24(3)4)32-19-11-14-28(22-32)25(5)6/h7-25,29H,1-6H3. The van der Waals surface area contributed by atoms with Gasteiger partial charge in [-0.25, -0.2) is 0 Å². The Kier molecular flexibility index (Phi) is 6.90. The van der Waals surface area contributed by atoms with Gasteiger partial charge >= 0.3 is 0 Å². The first-order valence-electron chi connectivity index (χ1n) is 12.5. The van der Waals surface area contributed by atoms with Gasteiger partial charge in [-0.15, -0.1) is 0 Å². The summed E-state index contributed by atoms with van der Waals surface area (Å²) in [7, 11) is -2.40. The topological polar surface area (TPSA) is 0 Å². The summed E-state index contributed by atoms with van der Waals surface area (Å²) in [4.78, 5) is 0. The molecule has 0 spiro atoms. The second-order valence-electron chi connectivity index (χ2n) is 10.4. The molecule has 4 rings (SSSR count). The molecule has 0 N–H and O–H groups in total. The fourth-order valence-corrected chi connectivity index (χ4v) is 10.4. The van der Waals surface area contributed by atoms with Gasteiger partial charge in [0.05, 0.1) is 0 Å². The summed E-state index contributed by atoms with van der Waals surface area (Å²) in [5, 5.41) is 4.53. The van der Waals surface area contributed by atoms with Gasteiger partial charge in [0.2, 0.25) is 0 Å². The van der Waals surface area contributed by atoms with E-state index < -0.39 is 8.07 Å². The molecule has 170 valence electrons. The molecule has 0 amide bonds. The van der Waals surface area contributed by atoms with Gasteiger partial charge in [0.25, 0.3) is 0 Å². The zero-order valence-corrected chi connectivity index (χ0v) is 22.0. The lowest BCUT2D eigenvalue weighted by Gasteiger charge is -2.38. The van der Waals surface area contributed by atoms with Crippen LogP contribution in [0, 0.1) is 0 Å². The summed E-state index contributed by atoms with van der Waals surface area (Å²) in [6, 6.07) is 28.5. The number of hydrogen-bond donors (Lipinski definition) is 0. The molecule has 3 aromatic rings. The van der Waals surface area contributed by atoms with Gasteiger partial charge in [0.1, 0.15) is 0 Å². The first-order chi connectivity index (χ1) is 15.8. The lowest BCUT2D eigenvalue weighted by Crippen LogP contribution is -2.69. The Balaban J connectivity index is 2.10. The van der Waals surface area contributed by atoms with E-state index in [0.29, 0.717) is 23.3 Å². The first-order valence-corrected chi connectivity index (χ1v) is 14.6. The molecule has 0 saturated carbocycles. The normalized spacial score (nSPS) is 14.2. The molecule has 0 aromatic heterocycles. The van der Waals surface area contributed by atoms with Crippen LogP contribution in [-0.4, -0.2) is 8.07 Å². The largest absolute Gasteiger partial charge is 0.158 e. The van der Waals surface area contributed by atoms with Crippen LogP contribution in [0.15, 0.2) is 97.1 Å². The highest BCUT2D eigenvalue weighted by Crippen LogP contribution is 2.31.